The lowest BCUT2D eigenvalue weighted by atomic mass is 9.43. The van der Waals surface area contributed by atoms with Crippen LogP contribution in [-0.2, 0) is 14.9 Å². The van der Waals surface area contributed by atoms with E-state index in [9.17, 15) is 28.5 Å². The Labute approximate surface area is 254 Å². The molecule has 9 nitrogen and oxygen atoms in total. The van der Waals surface area contributed by atoms with Gasteiger partial charge >= 0.3 is 0 Å². The van der Waals surface area contributed by atoms with Crippen LogP contribution in [0, 0.1) is 46.3 Å². The molecule has 4 aliphatic rings. The van der Waals surface area contributed by atoms with Crippen molar-refractivity contribution >= 4 is 16.0 Å². The highest BCUT2D eigenvalue weighted by Gasteiger charge is 2.65. The van der Waals surface area contributed by atoms with Gasteiger partial charge in [-0.25, -0.2) is 0 Å². The summed E-state index contributed by atoms with van der Waals surface area (Å²) in [5.74, 6) is 1.52. The average molecular weight is 616 g/mol. The molecule has 0 aliphatic heterocycles. The molecular weight excluding hydrogens is 556 g/mol. The number of aliphatic hydroxyl groups excluding tert-OH is 3. The fourth-order valence-corrected chi connectivity index (χ4v) is 10.8. The molecule has 1 amide bonds. The average Bonchev–Trinajstić information content (AvgIpc) is 3.24. The first kappa shape index (κ1) is 34.1. The Bertz CT molecular complexity index is 1050. The molecule has 0 heterocycles. The van der Waals surface area contributed by atoms with Crippen LogP contribution in [0.15, 0.2) is 0 Å². The van der Waals surface area contributed by atoms with E-state index in [1.54, 1.807) is 0 Å². The van der Waals surface area contributed by atoms with Crippen LogP contribution in [0.2, 0.25) is 0 Å². The minimum absolute atomic E-state index is 0.0450. The summed E-state index contributed by atoms with van der Waals surface area (Å²) in [5, 5.41) is 36.6. The Balaban J connectivity index is 1.27. The van der Waals surface area contributed by atoms with E-state index >= 15 is 0 Å². The van der Waals surface area contributed by atoms with Crippen molar-refractivity contribution in [1.82, 2.24) is 5.32 Å². The number of nitrogens with zero attached hydrogens (tertiary/aromatic N) is 1. The van der Waals surface area contributed by atoms with Gasteiger partial charge in [-0.1, -0.05) is 20.8 Å². The van der Waals surface area contributed by atoms with E-state index in [0.717, 1.165) is 64.3 Å². The van der Waals surface area contributed by atoms with Crippen LogP contribution in [0.1, 0.15) is 91.4 Å². The minimum Gasteiger partial charge on any atom is -0.393 e. The molecule has 0 spiro atoms. The normalized spacial score (nSPS) is 41.0. The number of hydrogen-bond donors (Lipinski definition) is 5. The number of carbonyl (C=O) groups excluding carboxylic acids is 1. The number of nitrogens with one attached hydrogen (secondary N) is 1. The fraction of sp³-hybridized carbons (Fsp3) is 0.969. The highest BCUT2D eigenvalue weighted by molar-refractivity contribution is 7.85. The topological polar surface area (TPSA) is 144 Å². The minimum atomic E-state index is -3.93. The molecule has 42 heavy (non-hydrogen) atoms. The fourth-order valence-electron chi connectivity index (χ4n) is 10.3. The lowest BCUT2D eigenvalue weighted by Crippen LogP contribution is -2.62. The smallest absolute Gasteiger partial charge is 0.265 e. The van der Waals surface area contributed by atoms with Gasteiger partial charge in [-0.2, -0.15) is 8.42 Å². The summed E-state index contributed by atoms with van der Waals surface area (Å²) in [4.78, 5) is 12.7. The Morgan fingerprint density at radius 1 is 1.00 bits per heavy atom. The monoisotopic (exact) mass is 615 g/mol. The van der Waals surface area contributed by atoms with Gasteiger partial charge in [0.05, 0.1) is 51.2 Å². The molecule has 0 radical (unpaired) electrons. The van der Waals surface area contributed by atoms with Gasteiger partial charge in [0.2, 0.25) is 5.91 Å². The zero-order chi connectivity index (χ0) is 31.1. The van der Waals surface area contributed by atoms with Gasteiger partial charge < -0.3 is 25.1 Å². The Morgan fingerprint density at radius 2 is 1.69 bits per heavy atom. The molecule has 0 saturated heterocycles. The molecule has 4 saturated carbocycles. The van der Waals surface area contributed by atoms with Gasteiger partial charge in [-0.15, -0.1) is 0 Å². The molecule has 244 valence electrons. The largest absolute Gasteiger partial charge is 0.393 e. The number of aliphatic hydroxyl groups is 3. The molecule has 4 fully saturated rings. The van der Waals surface area contributed by atoms with E-state index in [1.165, 1.54) is 0 Å². The third-order valence-corrected chi connectivity index (χ3v) is 13.6. The number of rotatable bonds is 12. The number of quaternary nitrogens is 1. The number of carbonyl (C=O) groups is 1. The van der Waals surface area contributed by atoms with Crippen LogP contribution in [0.5, 0.6) is 0 Å². The molecule has 4 aliphatic carbocycles. The molecule has 10 heteroatoms. The molecule has 5 N–H and O–H groups in total. The first-order valence-electron chi connectivity index (χ1n) is 16.6. The maximum atomic E-state index is 12.7. The van der Waals surface area contributed by atoms with Gasteiger partial charge in [0.25, 0.3) is 10.1 Å². The summed E-state index contributed by atoms with van der Waals surface area (Å²) >= 11 is 0. The van der Waals surface area contributed by atoms with E-state index in [2.05, 4.69) is 26.1 Å². The van der Waals surface area contributed by atoms with Crippen LogP contribution in [0.25, 0.3) is 0 Å². The van der Waals surface area contributed by atoms with Crippen molar-refractivity contribution in [3.05, 3.63) is 0 Å². The Hall–Kier alpha value is -0.780. The Kier molecular flexibility index (Phi) is 10.5. The zero-order valence-electron chi connectivity index (χ0n) is 26.7. The molecule has 0 aromatic rings. The summed E-state index contributed by atoms with van der Waals surface area (Å²) in [5.41, 5.74) is -0.185. The van der Waals surface area contributed by atoms with E-state index in [4.69, 9.17) is 4.55 Å². The number of fused-ring (bicyclic) bond motifs is 5. The molecular formula is C32H59N2O7S+. The van der Waals surface area contributed by atoms with E-state index in [1.807, 2.05) is 14.1 Å². The zero-order valence-corrected chi connectivity index (χ0v) is 27.5. The van der Waals surface area contributed by atoms with Crippen molar-refractivity contribution in [2.45, 2.75) is 110 Å². The van der Waals surface area contributed by atoms with Crippen LogP contribution < -0.4 is 5.32 Å². The summed E-state index contributed by atoms with van der Waals surface area (Å²) < 4.78 is 31.5. The first-order valence-corrected chi connectivity index (χ1v) is 18.2. The van der Waals surface area contributed by atoms with Crippen LogP contribution in [0.4, 0.5) is 0 Å². The van der Waals surface area contributed by atoms with Crippen LogP contribution in [0.3, 0.4) is 0 Å². The van der Waals surface area contributed by atoms with Crippen LogP contribution in [-0.4, -0.2) is 96.5 Å². The van der Waals surface area contributed by atoms with E-state index < -0.39 is 16.2 Å². The molecule has 11 atom stereocenters. The van der Waals surface area contributed by atoms with Crippen molar-refractivity contribution in [1.29, 1.82) is 0 Å². The SMILES string of the molecule is C[C@H](CCC(=O)NCCC[N+](C)(C)CCCS(=O)(=O)O)[C@H]1CCC2C3C(C[C@H](O)[C@@]21C)[C@@]1(C)CC[C@@H](O)C[C@H]1C[C@H]3O. The maximum Gasteiger partial charge on any atom is 0.265 e. The van der Waals surface area contributed by atoms with Gasteiger partial charge in [-0.05, 0) is 97.7 Å². The summed E-state index contributed by atoms with van der Waals surface area (Å²) in [6, 6.07) is 0. The molecule has 0 aromatic carbocycles. The van der Waals surface area contributed by atoms with E-state index in [-0.39, 0.29) is 52.5 Å². The Morgan fingerprint density at radius 3 is 2.38 bits per heavy atom. The first-order chi connectivity index (χ1) is 19.5. The van der Waals surface area contributed by atoms with Crippen molar-refractivity contribution in [2.24, 2.45) is 46.3 Å². The summed E-state index contributed by atoms with van der Waals surface area (Å²) in [7, 11) is 0.114. The second kappa shape index (κ2) is 12.9. The third-order valence-electron chi connectivity index (χ3n) is 12.8. The quantitative estimate of drug-likeness (QED) is 0.129. The van der Waals surface area contributed by atoms with Crippen molar-refractivity contribution in [3.8, 4) is 0 Å². The highest BCUT2D eigenvalue weighted by atomic mass is 32.2. The predicted molar refractivity (Wildman–Crippen MR) is 163 cm³/mol. The second-order valence-electron chi connectivity index (χ2n) is 15.8. The lowest BCUT2D eigenvalue weighted by Gasteiger charge is -2.63. The maximum absolute atomic E-state index is 12.7. The van der Waals surface area contributed by atoms with Gasteiger partial charge in [0.15, 0.2) is 0 Å². The summed E-state index contributed by atoms with van der Waals surface area (Å²) in [6.07, 6.45) is 7.47. The summed E-state index contributed by atoms with van der Waals surface area (Å²) in [6.45, 7) is 8.87. The third kappa shape index (κ3) is 7.20. The van der Waals surface area contributed by atoms with Gasteiger partial charge in [0, 0.05) is 25.8 Å². The van der Waals surface area contributed by atoms with Crippen molar-refractivity contribution < 1.29 is 37.6 Å². The molecule has 3 unspecified atom stereocenters. The molecule has 0 bridgehead atoms. The highest BCUT2D eigenvalue weighted by Crippen LogP contribution is 2.68. The van der Waals surface area contributed by atoms with Crippen molar-refractivity contribution in [2.75, 3.05) is 39.5 Å². The molecule has 4 rings (SSSR count). The standard InChI is InChI=1S/C32H58N2O7S/c1-21(8-11-29(38)33-14-6-15-34(4,5)16-7-17-42(39,40)41)24-9-10-25-30-26(20-28(37)32(24,25)3)31(2)13-12-23(35)18-22(31)19-27(30)36/h21-28,30,35-37H,6-20H2,1-5H3,(H-,33,38,39,40,41)/p+1/t21-,22+,23-,24-,25?,26?,27-,28+,30?,31+,32-/m1/s1. The second-order valence-corrected chi connectivity index (χ2v) is 17.3. The van der Waals surface area contributed by atoms with Crippen LogP contribution >= 0.6 is 0 Å². The number of hydrogen-bond acceptors (Lipinski definition) is 6. The molecule has 0 aromatic heterocycles. The number of amides is 1. The van der Waals surface area contributed by atoms with E-state index in [0.29, 0.717) is 48.2 Å². The van der Waals surface area contributed by atoms with Gasteiger partial charge in [0.1, 0.15) is 0 Å². The van der Waals surface area contributed by atoms with Gasteiger partial charge in [-0.3, -0.25) is 9.35 Å². The predicted octanol–water partition coefficient (Wildman–Crippen LogP) is 3.22. The lowest BCUT2D eigenvalue weighted by molar-refractivity contribution is -0.890. The van der Waals surface area contributed by atoms with Crippen molar-refractivity contribution in [3.63, 3.8) is 0 Å².